The van der Waals surface area contributed by atoms with Gasteiger partial charge in [0.1, 0.15) is 24.2 Å². The van der Waals surface area contributed by atoms with E-state index in [1.165, 1.54) is 23.1 Å². The van der Waals surface area contributed by atoms with Crippen LogP contribution in [0.1, 0.15) is 24.2 Å². The smallest absolute Gasteiger partial charge is 0.254 e. The predicted octanol–water partition coefficient (Wildman–Crippen LogP) is 3.18. The second-order valence-electron chi connectivity index (χ2n) is 7.76. The molecule has 1 atom stereocenters. The van der Waals surface area contributed by atoms with Crippen LogP contribution in [0.4, 0.5) is 13.2 Å². The number of benzene rings is 2. The number of amides is 2. The van der Waals surface area contributed by atoms with Crippen LogP contribution in [0.25, 0.3) is 0 Å². The molecular formula is C24H28F3N3O3. The maximum Gasteiger partial charge on any atom is 0.254 e. The first kappa shape index (κ1) is 24.6. The molecule has 6 nitrogen and oxygen atoms in total. The molecule has 9 heteroatoms. The highest BCUT2D eigenvalue weighted by molar-refractivity contribution is 5.97. The molecule has 0 bridgehead atoms. The minimum absolute atomic E-state index is 0.000611. The fraction of sp³-hybridized carbons (Fsp3) is 0.417. The predicted molar refractivity (Wildman–Crippen MR) is 117 cm³/mol. The molecule has 1 aliphatic heterocycles. The van der Waals surface area contributed by atoms with E-state index in [4.69, 9.17) is 4.74 Å². The second kappa shape index (κ2) is 11.2. The molecule has 0 N–H and O–H groups in total. The standard InChI is InChI=1S/C24H28F3N3O3/c1-3-29(4-2)24(32)22-16-28(13-14-33-19-8-6-18(25)7-9-19)11-12-30(22)23(31)17-5-10-20(26)21(27)15-17/h5-10,15,22H,3-4,11-14,16H2,1-2H3. The average Bonchev–Trinajstić information content (AvgIpc) is 2.82. The summed E-state index contributed by atoms with van der Waals surface area (Å²) in [7, 11) is 0. The fourth-order valence-corrected chi connectivity index (χ4v) is 3.86. The number of hydrogen-bond donors (Lipinski definition) is 0. The van der Waals surface area contributed by atoms with Crippen LogP contribution >= 0.6 is 0 Å². The van der Waals surface area contributed by atoms with Gasteiger partial charge in [0.25, 0.3) is 5.91 Å². The van der Waals surface area contributed by atoms with Gasteiger partial charge in [-0.3, -0.25) is 14.5 Å². The Bertz CT molecular complexity index is 967. The monoisotopic (exact) mass is 463 g/mol. The number of carbonyl (C=O) groups excluding carboxylic acids is 2. The molecule has 0 saturated carbocycles. The molecule has 2 amide bonds. The highest BCUT2D eigenvalue weighted by Gasteiger charge is 2.37. The number of halogens is 3. The van der Waals surface area contributed by atoms with Crippen molar-refractivity contribution in [2.75, 3.05) is 45.9 Å². The Balaban J connectivity index is 1.71. The summed E-state index contributed by atoms with van der Waals surface area (Å²) in [5.74, 6) is -2.65. The molecule has 1 aliphatic rings. The lowest BCUT2D eigenvalue weighted by atomic mass is 10.1. The van der Waals surface area contributed by atoms with Gasteiger partial charge in [-0.25, -0.2) is 13.2 Å². The maximum absolute atomic E-state index is 13.7. The molecule has 1 fully saturated rings. The van der Waals surface area contributed by atoms with E-state index < -0.39 is 23.6 Å². The molecule has 0 aliphatic carbocycles. The van der Waals surface area contributed by atoms with Gasteiger partial charge in [-0.1, -0.05) is 0 Å². The summed E-state index contributed by atoms with van der Waals surface area (Å²) in [5.41, 5.74) is -0.000611. The molecule has 2 aromatic rings. The quantitative estimate of drug-likeness (QED) is 0.604. The number of likely N-dealkylation sites (N-methyl/N-ethyl adjacent to an activating group) is 1. The molecule has 3 rings (SSSR count). The van der Waals surface area contributed by atoms with E-state index in [0.29, 0.717) is 38.5 Å². The van der Waals surface area contributed by atoms with Crippen molar-refractivity contribution in [1.82, 2.24) is 14.7 Å². The SMILES string of the molecule is CCN(CC)C(=O)C1CN(CCOc2ccc(F)cc2)CCN1C(=O)c1ccc(F)c(F)c1. The Kier molecular flexibility index (Phi) is 8.32. The summed E-state index contributed by atoms with van der Waals surface area (Å²) in [6, 6.07) is 7.95. The van der Waals surface area contributed by atoms with E-state index in [1.54, 1.807) is 17.0 Å². The van der Waals surface area contributed by atoms with Gasteiger partial charge in [-0.15, -0.1) is 0 Å². The Labute approximate surface area is 191 Å². The van der Waals surface area contributed by atoms with Crippen LogP contribution in [0, 0.1) is 17.5 Å². The third-order valence-electron chi connectivity index (χ3n) is 5.74. The van der Waals surface area contributed by atoms with Gasteiger partial charge in [-0.2, -0.15) is 0 Å². The van der Waals surface area contributed by atoms with Gasteiger partial charge in [0.2, 0.25) is 5.91 Å². The van der Waals surface area contributed by atoms with Crippen molar-refractivity contribution < 1.29 is 27.5 Å². The highest BCUT2D eigenvalue weighted by atomic mass is 19.2. The topological polar surface area (TPSA) is 53.1 Å². The maximum atomic E-state index is 13.7. The van der Waals surface area contributed by atoms with Gasteiger partial charge < -0.3 is 14.5 Å². The minimum atomic E-state index is -1.11. The molecule has 0 aromatic heterocycles. The normalized spacial score (nSPS) is 16.5. The van der Waals surface area contributed by atoms with Crippen LogP contribution in [0.2, 0.25) is 0 Å². The molecule has 0 radical (unpaired) electrons. The lowest BCUT2D eigenvalue weighted by Crippen LogP contribution is -2.61. The van der Waals surface area contributed by atoms with Crippen molar-refractivity contribution >= 4 is 11.8 Å². The fourth-order valence-electron chi connectivity index (χ4n) is 3.86. The van der Waals surface area contributed by atoms with Crippen LogP contribution in [0.15, 0.2) is 42.5 Å². The number of rotatable bonds is 8. The number of carbonyl (C=O) groups is 2. The Morgan fingerprint density at radius 2 is 1.70 bits per heavy atom. The third kappa shape index (κ3) is 6.04. The lowest BCUT2D eigenvalue weighted by Gasteiger charge is -2.42. The van der Waals surface area contributed by atoms with Crippen molar-refractivity contribution in [1.29, 1.82) is 0 Å². The van der Waals surface area contributed by atoms with Gasteiger partial charge in [-0.05, 0) is 56.3 Å². The third-order valence-corrected chi connectivity index (χ3v) is 5.74. The van der Waals surface area contributed by atoms with Crippen LogP contribution in [0.5, 0.6) is 5.75 Å². The van der Waals surface area contributed by atoms with E-state index in [1.807, 2.05) is 18.7 Å². The van der Waals surface area contributed by atoms with Gasteiger partial charge in [0, 0.05) is 44.8 Å². The van der Waals surface area contributed by atoms with Crippen molar-refractivity contribution in [3.8, 4) is 5.75 Å². The van der Waals surface area contributed by atoms with Crippen molar-refractivity contribution in [2.45, 2.75) is 19.9 Å². The van der Waals surface area contributed by atoms with Crippen molar-refractivity contribution in [2.24, 2.45) is 0 Å². The molecule has 178 valence electrons. The average molecular weight is 464 g/mol. The highest BCUT2D eigenvalue weighted by Crippen LogP contribution is 2.19. The molecule has 2 aromatic carbocycles. The van der Waals surface area contributed by atoms with Crippen molar-refractivity contribution in [3.05, 3.63) is 65.5 Å². The summed E-state index contributed by atoms with van der Waals surface area (Å²) in [4.78, 5) is 31.4. The lowest BCUT2D eigenvalue weighted by molar-refractivity contribution is -0.138. The first-order valence-corrected chi connectivity index (χ1v) is 11.0. The number of piperazine rings is 1. The second-order valence-corrected chi connectivity index (χ2v) is 7.76. The summed E-state index contributed by atoms with van der Waals surface area (Å²) in [6.07, 6.45) is 0. The first-order chi connectivity index (χ1) is 15.8. The van der Waals surface area contributed by atoms with E-state index in [9.17, 15) is 22.8 Å². The zero-order valence-electron chi connectivity index (χ0n) is 18.8. The van der Waals surface area contributed by atoms with Crippen LogP contribution in [-0.4, -0.2) is 78.4 Å². The Hall–Kier alpha value is -3.07. The van der Waals surface area contributed by atoms with E-state index in [2.05, 4.69) is 0 Å². The molecule has 1 saturated heterocycles. The zero-order valence-corrected chi connectivity index (χ0v) is 18.8. The minimum Gasteiger partial charge on any atom is -0.492 e. The van der Waals surface area contributed by atoms with Crippen LogP contribution in [0.3, 0.4) is 0 Å². The van der Waals surface area contributed by atoms with E-state index in [0.717, 1.165) is 12.1 Å². The van der Waals surface area contributed by atoms with Gasteiger partial charge >= 0.3 is 0 Å². The van der Waals surface area contributed by atoms with Crippen LogP contribution < -0.4 is 4.74 Å². The summed E-state index contributed by atoms with van der Waals surface area (Å²) in [6.45, 7) is 6.58. The van der Waals surface area contributed by atoms with Gasteiger partial charge in [0.15, 0.2) is 11.6 Å². The Morgan fingerprint density at radius 1 is 1.00 bits per heavy atom. The van der Waals surface area contributed by atoms with E-state index >= 15 is 0 Å². The first-order valence-electron chi connectivity index (χ1n) is 11.0. The largest absolute Gasteiger partial charge is 0.492 e. The molecule has 1 heterocycles. The zero-order chi connectivity index (χ0) is 24.0. The summed E-state index contributed by atoms with van der Waals surface area (Å²) in [5, 5.41) is 0. The number of ether oxygens (including phenoxy) is 1. The molecular weight excluding hydrogens is 435 g/mol. The molecule has 1 unspecified atom stereocenters. The number of nitrogens with zero attached hydrogens (tertiary/aromatic N) is 3. The van der Waals surface area contributed by atoms with E-state index in [-0.39, 0.29) is 30.4 Å². The van der Waals surface area contributed by atoms with Crippen LogP contribution in [-0.2, 0) is 4.79 Å². The summed E-state index contributed by atoms with van der Waals surface area (Å²) >= 11 is 0. The Morgan fingerprint density at radius 3 is 2.33 bits per heavy atom. The molecule has 33 heavy (non-hydrogen) atoms. The van der Waals surface area contributed by atoms with Gasteiger partial charge in [0.05, 0.1) is 0 Å². The van der Waals surface area contributed by atoms with Crippen molar-refractivity contribution in [3.63, 3.8) is 0 Å². The number of hydrogen-bond acceptors (Lipinski definition) is 4. The molecule has 0 spiro atoms. The summed E-state index contributed by atoms with van der Waals surface area (Å²) < 4.78 is 45.7.